The highest BCUT2D eigenvalue weighted by Crippen LogP contribution is 2.45. The number of methoxy groups -OCH3 is 4. The third-order valence-electron chi connectivity index (χ3n) is 14.1. The number of carbonyl (C=O) groups excluding carboxylic acids is 4. The third-order valence-corrected chi connectivity index (χ3v) is 14.1. The maximum absolute atomic E-state index is 13.0. The van der Waals surface area contributed by atoms with Crippen LogP contribution in [0, 0.1) is 0 Å². The maximum atomic E-state index is 13.0. The Hall–Kier alpha value is -8.37. The number of nitrogens with two attached hydrogens (primary N) is 2. The summed E-state index contributed by atoms with van der Waals surface area (Å²) in [7, 11) is 6.09. The van der Waals surface area contributed by atoms with E-state index in [-0.39, 0.29) is 69.4 Å². The molecule has 87 heavy (non-hydrogen) atoms. The Kier molecular flexibility index (Phi) is 21.0. The number of nitrogen functional groups attached to an aromatic ring is 2. The van der Waals surface area contributed by atoms with Gasteiger partial charge in [0.1, 0.15) is 73.5 Å². The number of esters is 2. The molecule has 12 atom stereocenters. The van der Waals surface area contributed by atoms with E-state index in [4.69, 9.17) is 73.4 Å². The molecule has 30 nitrogen and oxygen atoms in total. The Bertz CT molecular complexity index is 3620. The zero-order valence-corrected chi connectivity index (χ0v) is 45.5. The van der Waals surface area contributed by atoms with Gasteiger partial charge in [0, 0.05) is 61.8 Å². The van der Waals surface area contributed by atoms with Crippen molar-refractivity contribution < 1.29 is 96.1 Å². The smallest absolute Gasteiger partial charge is 0.338 e. The van der Waals surface area contributed by atoms with E-state index in [1.807, 2.05) is 13.8 Å². The molecule has 5 aliphatic rings. The monoisotopic (exact) mass is 1210 g/mol. The Morgan fingerprint density at radius 3 is 1.53 bits per heavy atom. The van der Waals surface area contributed by atoms with Crippen molar-refractivity contribution in [3.8, 4) is 0 Å². The van der Waals surface area contributed by atoms with Gasteiger partial charge in [0.2, 0.25) is 0 Å². The number of imidazole rings is 2. The van der Waals surface area contributed by atoms with Gasteiger partial charge in [0.15, 0.2) is 78.9 Å². The van der Waals surface area contributed by atoms with Crippen LogP contribution in [0.5, 0.6) is 0 Å². The van der Waals surface area contributed by atoms with Gasteiger partial charge in [-0.1, -0.05) is 40.5 Å². The number of carboxylic acids is 1. The lowest BCUT2D eigenvalue weighted by molar-refractivity contribution is -0.217. The van der Waals surface area contributed by atoms with Crippen LogP contribution < -0.4 is 11.5 Å². The van der Waals surface area contributed by atoms with E-state index < -0.39 is 97.9 Å². The third kappa shape index (κ3) is 13.0. The van der Waals surface area contributed by atoms with Crippen LogP contribution in [0.3, 0.4) is 0 Å². The number of aromatic carboxylic acids is 1. The largest absolute Gasteiger partial charge is 0.478 e. The average Bonchev–Trinajstić information content (AvgIpc) is 1.66. The van der Waals surface area contributed by atoms with Gasteiger partial charge in [-0.2, -0.15) is 0 Å². The topological polar surface area (TPSA) is 396 Å². The van der Waals surface area contributed by atoms with Gasteiger partial charge in [-0.3, -0.25) is 18.7 Å². The number of hydrogen-bond acceptors (Lipinski definition) is 27. The number of rotatable bonds is 15. The number of aliphatic hydroxyl groups is 2. The molecular formula is C57H68N10O20. The molecule has 5 aliphatic heterocycles. The molecule has 4 aromatic heterocycles. The van der Waals surface area contributed by atoms with Crippen molar-refractivity contribution in [2.75, 3.05) is 53.1 Å². The molecular weight excluding hydrogens is 1140 g/mol. The van der Waals surface area contributed by atoms with Crippen LogP contribution in [0.1, 0.15) is 148 Å². The van der Waals surface area contributed by atoms with Crippen LogP contribution in [-0.4, -0.2) is 169 Å². The Morgan fingerprint density at radius 1 is 0.563 bits per heavy atom. The summed E-state index contributed by atoms with van der Waals surface area (Å²) in [6.45, 7) is 3.22. The molecule has 3 fully saturated rings. The number of aliphatic hydroxyl groups excluding tert-OH is 2. The van der Waals surface area contributed by atoms with Crippen molar-refractivity contribution in [3.63, 3.8) is 0 Å². The molecule has 30 heteroatoms. The van der Waals surface area contributed by atoms with Gasteiger partial charge >= 0.3 is 17.9 Å². The Balaban J connectivity index is 0.000000196. The minimum atomic E-state index is -1.36. The van der Waals surface area contributed by atoms with Crippen molar-refractivity contribution in [1.82, 2.24) is 39.0 Å². The molecule has 0 radical (unpaired) electrons. The van der Waals surface area contributed by atoms with Crippen LogP contribution >= 0.6 is 0 Å². The number of hydrogen-bond donors (Lipinski definition) is 5. The quantitative estimate of drug-likeness (QED) is 0.0656. The van der Waals surface area contributed by atoms with Crippen molar-refractivity contribution in [3.05, 3.63) is 130 Å². The first-order chi connectivity index (χ1) is 40.4. The van der Waals surface area contributed by atoms with Crippen LogP contribution in [0.25, 0.3) is 22.3 Å². The van der Waals surface area contributed by atoms with Gasteiger partial charge in [-0.25, -0.2) is 44.3 Å². The molecule has 0 amide bonds. The number of benzene rings is 3. The second-order valence-electron chi connectivity index (χ2n) is 19.7. The molecule has 0 saturated carbocycles. The van der Waals surface area contributed by atoms with E-state index in [2.05, 4.69) is 29.9 Å². The van der Waals surface area contributed by atoms with Gasteiger partial charge in [0.25, 0.3) is 0 Å². The lowest BCUT2D eigenvalue weighted by Gasteiger charge is -2.24. The second kappa shape index (κ2) is 27.6. The Morgan fingerprint density at radius 2 is 1.01 bits per heavy atom. The van der Waals surface area contributed by atoms with Crippen LogP contribution in [0.4, 0.5) is 11.6 Å². The molecule has 12 rings (SSSR count). The number of aromatic nitrogens is 8. The van der Waals surface area contributed by atoms with Crippen LogP contribution in [-0.2, 0) is 56.8 Å². The fourth-order valence-corrected chi connectivity index (χ4v) is 10.1. The highest BCUT2D eigenvalue weighted by Gasteiger charge is 2.56. The number of fused-ring (bicyclic) bond motifs is 5. The number of ether oxygens (including phenoxy) is 12. The van der Waals surface area contributed by atoms with Gasteiger partial charge in [0.05, 0.1) is 29.3 Å². The van der Waals surface area contributed by atoms with E-state index in [9.17, 15) is 34.2 Å². The summed E-state index contributed by atoms with van der Waals surface area (Å²) in [5.74, 6) is -2.72. The molecule has 3 saturated heterocycles. The summed E-state index contributed by atoms with van der Waals surface area (Å²) in [5.41, 5.74) is 17.1. The van der Waals surface area contributed by atoms with Crippen molar-refractivity contribution in [1.29, 1.82) is 0 Å². The van der Waals surface area contributed by atoms with E-state index in [0.717, 1.165) is 11.1 Å². The average molecular weight is 1210 g/mol. The molecule has 9 heterocycles. The zero-order valence-electron chi connectivity index (χ0n) is 45.5. The predicted molar refractivity (Wildman–Crippen MR) is 302 cm³/mol. The first-order valence-corrected chi connectivity index (χ1v) is 25.6. The van der Waals surface area contributed by atoms with E-state index in [1.54, 1.807) is 48.3 Å². The van der Waals surface area contributed by atoms with E-state index in [0.29, 0.717) is 51.6 Å². The summed E-state index contributed by atoms with van der Waals surface area (Å²) >= 11 is 0. The highest BCUT2D eigenvalue weighted by molar-refractivity contribution is 5.96. The summed E-state index contributed by atoms with van der Waals surface area (Å²) in [6, 6.07) is 13.8. The molecule has 7 aromatic rings. The summed E-state index contributed by atoms with van der Waals surface area (Å²) in [4.78, 5) is 82.7. The fourth-order valence-electron chi connectivity index (χ4n) is 10.1. The van der Waals surface area contributed by atoms with Gasteiger partial charge in [-0.05, 0) is 50.2 Å². The highest BCUT2D eigenvalue weighted by atomic mass is 16.8. The predicted octanol–water partition coefficient (Wildman–Crippen LogP) is 5.13. The van der Waals surface area contributed by atoms with Gasteiger partial charge < -0.3 is 83.6 Å². The standard InChI is InChI=1S/C24H27N5O8.C19H17N5O7.C11H12O5.3CH4/c1-24(2)36-16-14(34-20(17(16)37-24)29-10-28-15-18(25)26-9-27-19(15)29)8-33-21(30)11-5-6-12-13(7-11)23(32-4)35-22(12)31-3;20-16-13-17(22-7-21-16)24(8-23-13)18-15(28)14(27)12(31-18)6-30-19(29)9-1-2-10(4-25)11(3-9)5-26;1-14-10-7-4-3-6(9(12)13)5-8(7)11(15-2)16-10;;;/h5-7,9-10,14,16-17,20,22-23H,8H2,1-4H3,(H2,25,26,27);1-5,7-8,12,14-15,18,27-28H,6H2,(H2,20,21,22);3-5,10-11H,1-2H3,(H,12,13);3*1H4/t14?,16-,17?,20-,22?,23?;12?,14-,15?,18-;;;;/m11..../s1. The minimum Gasteiger partial charge on any atom is -0.478 e. The molecule has 0 spiro atoms. The van der Waals surface area contributed by atoms with Crippen molar-refractivity contribution in [2.24, 2.45) is 0 Å². The van der Waals surface area contributed by atoms with Gasteiger partial charge in [-0.15, -0.1) is 0 Å². The summed E-state index contributed by atoms with van der Waals surface area (Å²) in [5, 5.41) is 29.7. The van der Waals surface area contributed by atoms with Crippen LogP contribution in [0.2, 0.25) is 0 Å². The number of nitrogens with zero attached hydrogens (tertiary/aromatic N) is 8. The molecule has 466 valence electrons. The van der Waals surface area contributed by atoms with E-state index in [1.165, 1.54) is 69.1 Å². The number of aldehydes is 2. The fraction of sp³-hybridized carbons (Fsp3) is 0.421. The second-order valence-corrected chi connectivity index (χ2v) is 19.7. The lowest BCUT2D eigenvalue weighted by Crippen LogP contribution is -2.34. The van der Waals surface area contributed by atoms with E-state index >= 15 is 0 Å². The zero-order chi connectivity index (χ0) is 59.7. The molecule has 7 N–H and O–H groups in total. The maximum Gasteiger partial charge on any atom is 0.338 e. The minimum absolute atomic E-state index is 0. The number of carbonyl (C=O) groups is 5. The Labute approximate surface area is 497 Å². The SMILES string of the molecule is C.C.C.COC1OC(OC)c2cc(C(=O)O)ccc21.COC1OC(OC)c2cc(C(=O)OCC3O[C@@H](n4cnc5c(N)ncnc54)C4OC(C)(C)O[C@H]34)ccc21.Nc1ncnc2c1ncn2[C@@H]1OC(COC(=O)c2ccc(C=O)c(C=O)c2)[C@@H](O)C1O. The van der Waals surface area contributed by atoms with Crippen molar-refractivity contribution >= 4 is 64.4 Å². The lowest BCUT2D eigenvalue weighted by atomic mass is 10.0. The number of anilines is 2. The molecule has 0 aliphatic carbocycles. The number of carboxylic acid groups (broad SMARTS) is 1. The summed E-state index contributed by atoms with van der Waals surface area (Å²) < 4.78 is 70.2. The molecule has 3 aromatic carbocycles. The van der Waals surface area contributed by atoms with Crippen molar-refractivity contribution in [2.45, 2.75) is 116 Å². The normalized spacial score (nSPS) is 25.2. The molecule has 8 unspecified atom stereocenters. The molecule has 0 bridgehead atoms. The summed E-state index contributed by atoms with van der Waals surface area (Å²) in [6.07, 6.45) is -2.80. The first kappa shape index (κ1) is 66.2. The van der Waals surface area contributed by atoms with Crippen LogP contribution in [0.15, 0.2) is 79.9 Å². The first-order valence-electron chi connectivity index (χ1n) is 25.6.